The molecule has 1 aromatic carbocycles. The summed E-state index contributed by atoms with van der Waals surface area (Å²) in [7, 11) is 1.96. The van der Waals surface area contributed by atoms with E-state index < -0.39 is 0 Å². The van der Waals surface area contributed by atoms with E-state index in [-0.39, 0.29) is 0 Å². The molecular weight excluding hydrogens is 216 g/mol. The van der Waals surface area contributed by atoms with E-state index in [1.807, 2.05) is 24.7 Å². The molecular formula is C9H9BrN2. The van der Waals surface area contributed by atoms with Crippen molar-refractivity contribution in [1.82, 2.24) is 9.78 Å². The number of nitrogens with zero attached hydrogens (tertiary/aromatic N) is 2. The van der Waals surface area contributed by atoms with Crippen LogP contribution in [0.5, 0.6) is 0 Å². The average Bonchev–Trinajstić information content (AvgIpc) is 2.28. The molecule has 0 aliphatic heterocycles. The zero-order chi connectivity index (χ0) is 8.72. The summed E-state index contributed by atoms with van der Waals surface area (Å²) in [5, 5.41) is 5.54. The molecule has 0 aliphatic rings. The Morgan fingerprint density at radius 1 is 1.42 bits per heavy atom. The third-order valence-corrected chi connectivity index (χ3v) is 2.49. The quantitative estimate of drug-likeness (QED) is 0.673. The molecule has 0 saturated carbocycles. The van der Waals surface area contributed by atoms with Crippen LogP contribution in [0.15, 0.2) is 22.7 Å². The summed E-state index contributed by atoms with van der Waals surface area (Å²) < 4.78 is 3.00. The van der Waals surface area contributed by atoms with Crippen molar-refractivity contribution in [2.75, 3.05) is 0 Å². The van der Waals surface area contributed by atoms with Gasteiger partial charge in [0.15, 0.2) is 0 Å². The lowest BCUT2D eigenvalue weighted by atomic mass is 10.2. The monoisotopic (exact) mass is 224 g/mol. The standard InChI is InChI=1S/C9H9BrN2/c1-6-8-5-7(10)3-4-9(8)12(2)11-6/h3-5H,1-2H3. The molecule has 1 aromatic heterocycles. The number of fused-ring (bicyclic) bond motifs is 1. The Hall–Kier alpha value is -0.830. The number of hydrogen-bond acceptors (Lipinski definition) is 1. The molecule has 0 saturated heterocycles. The van der Waals surface area contributed by atoms with Crippen molar-refractivity contribution in [3.63, 3.8) is 0 Å². The fraction of sp³-hybridized carbons (Fsp3) is 0.222. The highest BCUT2D eigenvalue weighted by molar-refractivity contribution is 9.10. The summed E-state index contributed by atoms with van der Waals surface area (Å²) >= 11 is 3.44. The molecule has 0 fully saturated rings. The van der Waals surface area contributed by atoms with Gasteiger partial charge in [-0.2, -0.15) is 5.10 Å². The maximum absolute atomic E-state index is 4.33. The molecule has 0 radical (unpaired) electrons. The van der Waals surface area contributed by atoms with E-state index in [1.165, 1.54) is 10.9 Å². The molecule has 2 nitrogen and oxygen atoms in total. The minimum absolute atomic E-state index is 1.08. The van der Waals surface area contributed by atoms with Gasteiger partial charge in [-0.3, -0.25) is 4.68 Å². The second-order valence-corrected chi connectivity index (χ2v) is 3.79. The highest BCUT2D eigenvalue weighted by Crippen LogP contribution is 2.21. The smallest absolute Gasteiger partial charge is 0.0682 e. The first kappa shape index (κ1) is 7.80. The Morgan fingerprint density at radius 2 is 2.17 bits per heavy atom. The lowest BCUT2D eigenvalue weighted by Crippen LogP contribution is -1.88. The molecule has 1 heterocycles. The minimum Gasteiger partial charge on any atom is -0.268 e. The van der Waals surface area contributed by atoms with Crippen molar-refractivity contribution in [3.8, 4) is 0 Å². The number of rotatable bonds is 0. The van der Waals surface area contributed by atoms with E-state index in [9.17, 15) is 0 Å². The minimum atomic E-state index is 1.08. The van der Waals surface area contributed by atoms with Gasteiger partial charge in [0.2, 0.25) is 0 Å². The predicted octanol–water partition coefficient (Wildman–Crippen LogP) is 2.64. The maximum atomic E-state index is 4.33. The van der Waals surface area contributed by atoms with Crippen molar-refractivity contribution in [2.45, 2.75) is 6.92 Å². The maximum Gasteiger partial charge on any atom is 0.0682 e. The topological polar surface area (TPSA) is 17.8 Å². The van der Waals surface area contributed by atoms with Gasteiger partial charge in [0, 0.05) is 16.9 Å². The summed E-state index contributed by atoms with van der Waals surface area (Å²) in [4.78, 5) is 0. The van der Waals surface area contributed by atoms with Crippen LogP contribution in [0.1, 0.15) is 5.69 Å². The highest BCUT2D eigenvalue weighted by atomic mass is 79.9. The molecule has 2 rings (SSSR count). The fourth-order valence-electron chi connectivity index (χ4n) is 1.41. The van der Waals surface area contributed by atoms with Gasteiger partial charge in [0.1, 0.15) is 0 Å². The van der Waals surface area contributed by atoms with Crippen LogP contribution >= 0.6 is 15.9 Å². The largest absolute Gasteiger partial charge is 0.268 e. The van der Waals surface area contributed by atoms with Crippen LogP contribution in [-0.2, 0) is 7.05 Å². The average molecular weight is 225 g/mol. The molecule has 12 heavy (non-hydrogen) atoms. The van der Waals surface area contributed by atoms with Crippen LogP contribution in [0.2, 0.25) is 0 Å². The van der Waals surface area contributed by atoms with Crippen molar-refractivity contribution in [3.05, 3.63) is 28.4 Å². The van der Waals surface area contributed by atoms with Gasteiger partial charge in [-0.05, 0) is 25.1 Å². The number of aromatic nitrogens is 2. The molecule has 0 spiro atoms. The number of benzene rings is 1. The first-order valence-corrected chi connectivity index (χ1v) is 4.56. The van der Waals surface area contributed by atoms with Gasteiger partial charge in [0.25, 0.3) is 0 Å². The number of aryl methyl sites for hydroxylation is 2. The predicted molar refractivity (Wildman–Crippen MR) is 53.2 cm³/mol. The van der Waals surface area contributed by atoms with Crippen LogP contribution in [0, 0.1) is 6.92 Å². The van der Waals surface area contributed by atoms with Gasteiger partial charge in [-0.15, -0.1) is 0 Å². The third-order valence-electron chi connectivity index (χ3n) is 2.00. The van der Waals surface area contributed by atoms with Crippen molar-refractivity contribution < 1.29 is 0 Å². The summed E-state index contributed by atoms with van der Waals surface area (Å²) in [5.74, 6) is 0. The van der Waals surface area contributed by atoms with E-state index in [1.54, 1.807) is 0 Å². The van der Waals surface area contributed by atoms with E-state index in [2.05, 4.69) is 33.2 Å². The second-order valence-electron chi connectivity index (χ2n) is 2.87. The van der Waals surface area contributed by atoms with Crippen LogP contribution < -0.4 is 0 Å². The van der Waals surface area contributed by atoms with E-state index in [0.29, 0.717) is 0 Å². The Labute approximate surface area is 79.3 Å². The Morgan fingerprint density at radius 3 is 2.92 bits per heavy atom. The molecule has 0 amide bonds. The summed E-state index contributed by atoms with van der Waals surface area (Å²) in [6.45, 7) is 2.02. The molecule has 0 atom stereocenters. The lowest BCUT2D eigenvalue weighted by Gasteiger charge is -1.93. The van der Waals surface area contributed by atoms with Gasteiger partial charge in [0.05, 0.1) is 11.2 Å². The molecule has 0 aliphatic carbocycles. The van der Waals surface area contributed by atoms with Crippen molar-refractivity contribution in [2.24, 2.45) is 7.05 Å². The first-order valence-electron chi connectivity index (χ1n) is 3.77. The highest BCUT2D eigenvalue weighted by Gasteiger charge is 2.03. The van der Waals surface area contributed by atoms with E-state index in [0.717, 1.165) is 10.2 Å². The zero-order valence-corrected chi connectivity index (χ0v) is 8.59. The van der Waals surface area contributed by atoms with Crippen molar-refractivity contribution >= 4 is 26.8 Å². The summed E-state index contributed by atoms with van der Waals surface area (Å²) in [6.07, 6.45) is 0. The molecule has 0 unspecified atom stereocenters. The first-order chi connectivity index (χ1) is 5.68. The molecule has 3 heteroatoms. The van der Waals surface area contributed by atoms with Gasteiger partial charge >= 0.3 is 0 Å². The van der Waals surface area contributed by atoms with Crippen LogP contribution in [-0.4, -0.2) is 9.78 Å². The Bertz CT molecular complexity index is 431. The van der Waals surface area contributed by atoms with E-state index >= 15 is 0 Å². The molecule has 0 N–H and O–H groups in total. The molecule has 62 valence electrons. The Kier molecular flexibility index (Phi) is 1.68. The number of halogens is 1. The summed E-state index contributed by atoms with van der Waals surface area (Å²) in [5.41, 5.74) is 2.25. The zero-order valence-electron chi connectivity index (χ0n) is 7.00. The Balaban J connectivity index is 2.90. The van der Waals surface area contributed by atoms with Gasteiger partial charge in [-0.1, -0.05) is 15.9 Å². The normalized spacial score (nSPS) is 10.9. The summed E-state index contributed by atoms with van der Waals surface area (Å²) in [6, 6.07) is 6.19. The van der Waals surface area contributed by atoms with Crippen LogP contribution in [0.4, 0.5) is 0 Å². The van der Waals surface area contributed by atoms with Crippen molar-refractivity contribution in [1.29, 1.82) is 0 Å². The van der Waals surface area contributed by atoms with Gasteiger partial charge in [-0.25, -0.2) is 0 Å². The van der Waals surface area contributed by atoms with Gasteiger partial charge < -0.3 is 0 Å². The molecule has 0 bridgehead atoms. The van der Waals surface area contributed by atoms with Crippen LogP contribution in [0.25, 0.3) is 10.9 Å². The SMILES string of the molecule is Cc1nn(C)c2ccc(Br)cc12. The lowest BCUT2D eigenvalue weighted by molar-refractivity contribution is 0.783. The second kappa shape index (κ2) is 2.59. The van der Waals surface area contributed by atoms with E-state index in [4.69, 9.17) is 0 Å². The number of hydrogen-bond donors (Lipinski definition) is 0. The fourth-order valence-corrected chi connectivity index (χ4v) is 1.77. The third kappa shape index (κ3) is 1.05. The van der Waals surface area contributed by atoms with Crippen LogP contribution in [0.3, 0.4) is 0 Å². The molecule has 2 aromatic rings.